The van der Waals surface area contributed by atoms with Gasteiger partial charge in [-0.15, -0.1) is 0 Å². The van der Waals surface area contributed by atoms with Gasteiger partial charge in [-0.25, -0.2) is 0 Å². The number of anilines is 3. The molecule has 1 aromatic heterocycles. The van der Waals surface area contributed by atoms with E-state index >= 15 is 0 Å². The van der Waals surface area contributed by atoms with Crippen LogP contribution in [0.5, 0.6) is 0 Å². The van der Waals surface area contributed by atoms with Gasteiger partial charge < -0.3 is 9.47 Å². The first-order valence-corrected chi connectivity index (χ1v) is 26.2. The normalized spacial score (nSPS) is 29.2. The van der Waals surface area contributed by atoms with E-state index in [2.05, 4.69) is 181 Å². The lowest BCUT2D eigenvalue weighted by Crippen LogP contribution is -2.48. The highest BCUT2D eigenvalue weighted by atomic mass is 15.1. The predicted octanol–water partition coefficient (Wildman–Crippen LogP) is 17.2. The lowest BCUT2D eigenvalue weighted by molar-refractivity contribution is -0.00529. The SMILES string of the molecule is CC1(C)c2cc(N(c3ccc(C45CC6CC(CC(C6)C4)C5)cc3)c3ccc(C45CC6CC(CC(C6)C4)C5)cc3)ccc2-c2c1ccc1c2c2cc(-c3ccccc3)ccc2n1-c1ccccc1. The third-order valence-corrected chi connectivity index (χ3v) is 19.5. The maximum absolute atomic E-state index is 2.59. The standard InChI is InChI=1S/C65H62N2/c1-63(2)57-24-26-60-62(56-33-48(47-9-5-3-6-10-47)13-25-59(56)67(60)51-11-7-4-8-12-51)61(57)55-23-22-54(34-58(55)63)66(52-18-14-49(15-19-52)64-35-41-27-42(36-64)29-43(28-41)37-64)53-20-16-50(17-21-53)65-38-44-30-45(39-65)32-46(31-44)40-65/h3-26,33-34,41-46H,27-32,35-40H2,1-2H3. The summed E-state index contributed by atoms with van der Waals surface area (Å²) in [6, 6.07) is 61.4. The van der Waals surface area contributed by atoms with Crippen LogP contribution >= 0.6 is 0 Å². The van der Waals surface area contributed by atoms with Crippen molar-refractivity contribution in [3.63, 3.8) is 0 Å². The Hall–Kier alpha value is -5.86. The van der Waals surface area contributed by atoms with Crippen LogP contribution in [0, 0.1) is 35.5 Å². The number of fused-ring (bicyclic) bond motifs is 7. The predicted molar refractivity (Wildman–Crippen MR) is 278 cm³/mol. The Morgan fingerprint density at radius 3 is 1.46 bits per heavy atom. The zero-order chi connectivity index (χ0) is 44.2. The van der Waals surface area contributed by atoms with Crippen molar-refractivity contribution >= 4 is 38.9 Å². The zero-order valence-corrected chi connectivity index (χ0v) is 39.4. The fraction of sp³-hybridized carbons (Fsp3) is 0.354. The van der Waals surface area contributed by atoms with E-state index in [1.54, 1.807) is 11.1 Å². The largest absolute Gasteiger partial charge is 0.310 e. The van der Waals surface area contributed by atoms with Crippen LogP contribution in [0.4, 0.5) is 17.1 Å². The van der Waals surface area contributed by atoms with Gasteiger partial charge in [0.1, 0.15) is 0 Å². The van der Waals surface area contributed by atoms with Crippen molar-refractivity contribution in [2.24, 2.45) is 35.5 Å². The smallest absolute Gasteiger partial charge is 0.0547 e. The Morgan fingerprint density at radius 2 is 0.925 bits per heavy atom. The van der Waals surface area contributed by atoms with Crippen molar-refractivity contribution in [1.82, 2.24) is 4.57 Å². The molecule has 1 heterocycles. The van der Waals surface area contributed by atoms with Gasteiger partial charge in [-0.05, 0) is 235 Å². The van der Waals surface area contributed by atoms with Crippen molar-refractivity contribution in [2.75, 3.05) is 4.90 Å². The molecule has 7 aromatic carbocycles. The molecule has 0 aliphatic heterocycles. The second-order valence-corrected chi connectivity index (χ2v) is 23.8. The van der Waals surface area contributed by atoms with E-state index in [0.717, 1.165) is 35.5 Å². The highest BCUT2D eigenvalue weighted by Crippen LogP contribution is 2.63. The summed E-state index contributed by atoms with van der Waals surface area (Å²) in [5.74, 6) is 5.64. The first-order valence-electron chi connectivity index (χ1n) is 26.2. The molecular weight excluding hydrogens is 809 g/mol. The molecule has 0 spiro atoms. The minimum atomic E-state index is -0.191. The maximum Gasteiger partial charge on any atom is 0.0547 e. The molecule has 332 valence electrons. The Kier molecular flexibility index (Phi) is 8.24. The molecule has 17 rings (SSSR count). The highest BCUT2D eigenvalue weighted by Gasteiger charge is 2.53. The van der Waals surface area contributed by atoms with Crippen molar-refractivity contribution < 1.29 is 0 Å². The average molecular weight is 871 g/mol. The van der Waals surface area contributed by atoms with Crippen molar-refractivity contribution in [2.45, 2.75) is 107 Å². The molecule has 2 nitrogen and oxygen atoms in total. The number of hydrogen-bond acceptors (Lipinski definition) is 1. The second kappa shape index (κ2) is 14.1. The number of aromatic nitrogens is 1. The van der Waals surface area contributed by atoms with Crippen LogP contribution in [0.2, 0.25) is 0 Å². The molecule has 8 bridgehead atoms. The van der Waals surface area contributed by atoms with E-state index in [1.165, 1.54) is 155 Å². The first kappa shape index (κ1) is 39.2. The molecule has 2 heteroatoms. The minimum Gasteiger partial charge on any atom is -0.310 e. The van der Waals surface area contributed by atoms with Crippen molar-refractivity contribution in [3.8, 4) is 27.9 Å². The van der Waals surface area contributed by atoms with E-state index < -0.39 is 0 Å². The van der Waals surface area contributed by atoms with Gasteiger partial charge >= 0.3 is 0 Å². The summed E-state index contributed by atoms with van der Waals surface area (Å²) in [5.41, 5.74) is 19.4. The Balaban J connectivity index is 0.880. The van der Waals surface area contributed by atoms with E-state index in [-0.39, 0.29) is 5.41 Å². The molecule has 0 saturated heterocycles. The molecule has 8 fully saturated rings. The third-order valence-electron chi connectivity index (χ3n) is 19.5. The van der Waals surface area contributed by atoms with Crippen LogP contribution in [-0.4, -0.2) is 4.57 Å². The Bertz CT molecular complexity index is 3100. The number of rotatable bonds is 7. The maximum atomic E-state index is 2.59. The van der Waals surface area contributed by atoms with Crippen molar-refractivity contribution in [1.29, 1.82) is 0 Å². The quantitative estimate of drug-likeness (QED) is 0.155. The molecule has 0 atom stereocenters. The van der Waals surface area contributed by atoms with Gasteiger partial charge in [0.2, 0.25) is 0 Å². The lowest BCUT2D eigenvalue weighted by Gasteiger charge is -2.57. The third kappa shape index (κ3) is 5.80. The van der Waals surface area contributed by atoms with Crippen LogP contribution in [0.25, 0.3) is 49.7 Å². The van der Waals surface area contributed by atoms with Crippen LogP contribution in [0.15, 0.2) is 158 Å². The van der Waals surface area contributed by atoms with Gasteiger partial charge in [-0.3, -0.25) is 0 Å². The fourth-order valence-electron chi connectivity index (χ4n) is 17.4. The van der Waals surface area contributed by atoms with Gasteiger partial charge in [-0.2, -0.15) is 0 Å². The molecule has 0 radical (unpaired) electrons. The fourth-order valence-corrected chi connectivity index (χ4v) is 17.4. The van der Waals surface area contributed by atoms with Gasteiger partial charge in [-0.1, -0.05) is 105 Å². The van der Waals surface area contributed by atoms with E-state index in [9.17, 15) is 0 Å². The molecule has 8 aromatic rings. The monoisotopic (exact) mass is 870 g/mol. The van der Waals surface area contributed by atoms with Crippen LogP contribution < -0.4 is 4.90 Å². The molecular formula is C65H62N2. The van der Waals surface area contributed by atoms with Crippen molar-refractivity contribution in [3.05, 3.63) is 180 Å². The summed E-state index contributed by atoms with van der Waals surface area (Å²) in [6.07, 6.45) is 17.3. The minimum absolute atomic E-state index is 0.191. The molecule has 9 aliphatic carbocycles. The number of nitrogens with zero attached hydrogens (tertiary/aromatic N) is 2. The first-order chi connectivity index (χ1) is 32.8. The number of benzene rings is 7. The summed E-state index contributed by atoms with van der Waals surface area (Å²) >= 11 is 0. The zero-order valence-electron chi connectivity index (χ0n) is 39.4. The van der Waals surface area contributed by atoms with Gasteiger partial charge in [0, 0.05) is 38.9 Å². The number of para-hydroxylation sites is 1. The summed E-state index contributed by atoms with van der Waals surface area (Å²) < 4.78 is 2.49. The second-order valence-electron chi connectivity index (χ2n) is 23.8. The van der Waals surface area contributed by atoms with Gasteiger partial charge in [0.25, 0.3) is 0 Å². The molecule has 8 saturated carbocycles. The lowest BCUT2D eigenvalue weighted by atomic mass is 9.48. The Morgan fingerprint density at radius 1 is 0.433 bits per heavy atom. The molecule has 9 aliphatic rings. The van der Waals surface area contributed by atoms with E-state index in [4.69, 9.17) is 0 Å². The summed E-state index contributed by atoms with van der Waals surface area (Å²) in [5, 5.41) is 2.66. The van der Waals surface area contributed by atoms with Crippen LogP contribution in [0.3, 0.4) is 0 Å². The highest BCUT2D eigenvalue weighted by molar-refractivity contribution is 6.18. The topological polar surface area (TPSA) is 8.17 Å². The molecule has 67 heavy (non-hydrogen) atoms. The van der Waals surface area contributed by atoms with Crippen LogP contribution in [0.1, 0.15) is 113 Å². The molecule has 0 N–H and O–H groups in total. The average Bonchev–Trinajstić information content (AvgIpc) is 3.79. The molecule has 0 unspecified atom stereocenters. The summed E-state index contributed by atoms with van der Waals surface area (Å²) in [6.45, 7) is 4.92. The van der Waals surface area contributed by atoms with Gasteiger partial charge in [0.15, 0.2) is 0 Å². The van der Waals surface area contributed by atoms with E-state index in [0.29, 0.717) is 10.8 Å². The van der Waals surface area contributed by atoms with Gasteiger partial charge in [0.05, 0.1) is 11.0 Å². The summed E-state index contributed by atoms with van der Waals surface area (Å²) in [7, 11) is 0. The Labute approximate surface area is 397 Å². The molecule has 0 amide bonds. The van der Waals surface area contributed by atoms with E-state index in [1.807, 2.05) is 0 Å². The van der Waals surface area contributed by atoms with Crippen LogP contribution in [-0.2, 0) is 16.2 Å². The summed E-state index contributed by atoms with van der Waals surface area (Å²) in [4.78, 5) is 2.59. The number of hydrogen-bond donors (Lipinski definition) is 0.